The van der Waals surface area contributed by atoms with E-state index in [1.807, 2.05) is 36.1 Å². The standard InChI is InChI=1S/C17H24N2O3/c1-13-3-5-15(6-4-13)22-12-17(20)19-10-14-9-18(2)7-8-21-16(14)11-19/h3-6,14,16H,7-12H2,1-2H3/t14-,16+/m0/s1. The number of carbonyl (C=O) groups excluding carboxylic acids is 1. The fourth-order valence-electron chi connectivity index (χ4n) is 3.13. The summed E-state index contributed by atoms with van der Waals surface area (Å²) in [5, 5.41) is 0. The highest BCUT2D eigenvalue weighted by Crippen LogP contribution is 2.23. The van der Waals surface area contributed by atoms with Crippen molar-refractivity contribution in [3.05, 3.63) is 29.8 Å². The monoisotopic (exact) mass is 304 g/mol. The number of ether oxygens (including phenoxy) is 2. The summed E-state index contributed by atoms with van der Waals surface area (Å²) in [4.78, 5) is 16.5. The fraction of sp³-hybridized carbons (Fsp3) is 0.588. The van der Waals surface area contributed by atoms with Gasteiger partial charge in [-0.25, -0.2) is 0 Å². The number of likely N-dealkylation sites (N-methyl/N-ethyl adjacent to an activating group) is 1. The Morgan fingerprint density at radius 1 is 1.27 bits per heavy atom. The minimum atomic E-state index is 0.0416. The second kappa shape index (κ2) is 6.67. The Labute approximate surface area is 131 Å². The largest absolute Gasteiger partial charge is 0.484 e. The quantitative estimate of drug-likeness (QED) is 0.840. The Bertz CT molecular complexity index is 517. The minimum absolute atomic E-state index is 0.0416. The van der Waals surface area contributed by atoms with E-state index in [0.29, 0.717) is 12.5 Å². The second-order valence-electron chi connectivity index (χ2n) is 6.33. The van der Waals surface area contributed by atoms with Gasteiger partial charge in [0.2, 0.25) is 0 Å². The van der Waals surface area contributed by atoms with Crippen LogP contribution in [-0.2, 0) is 9.53 Å². The lowest BCUT2D eigenvalue weighted by Crippen LogP contribution is -2.35. The number of amides is 1. The third-order valence-electron chi connectivity index (χ3n) is 4.47. The molecule has 0 unspecified atom stereocenters. The average Bonchev–Trinajstić information content (AvgIpc) is 2.81. The molecular weight excluding hydrogens is 280 g/mol. The van der Waals surface area contributed by atoms with E-state index in [1.165, 1.54) is 5.56 Å². The zero-order valence-electron chi connectivity index (χ0n) is 13.3. The predicted molar refractivity (Wildman–Crippen MR) is 84.0 cm³/mol. The molecule has 0 aromatic heterocycles. The number of fused-ring (bicyclic) bond motifs is 1. The van der Waals surface area contributed by atoms with Crippen LogP contribution in [0, 0.1) is 12.8 Å². The summed E-state index contributed by atoms with van der Waals surface area (Å²) in [6.45, 7) is 6.29. The number of benzene rings is 1. The fourth-order valence-corrected chi connectivity index (χ4v) is 3.13. The molecule has 0 N–H and O–H groups in total. The molecule has 0 bridgehead atoms. The Kier molecular flexibility index (Phi) is 4.64. The van der Waals surface area contributed by atoms with Gasteiger partial charge in [-0.2, -0.15) is 0 Å². The minimum Gasteiger partial charge on any atom is -0.484 e. The van der Waals surface area contributed by atoms with E-state index >= 15 is 0 Å². The average molecular weight is 304 g/mol. The third kappa shape index (κ3) is 3.59. The molecule has 1 amide bonds. The van der Waals surface area contributed by atoms with Crippen molar-refractivity contribution < 1.29 is 14.3 Å². The molecular formula is C17H24N2O3. The van der Waals surface area contributed by atoms with E-state index < -0.39 is 0 Å². The molecule has 1 aromatic rings. The van der Waals surface area contributed by atoms with E-state index in [-0.39, 0.29) is 18.6 Å². The van der Waals surface area contributed by atoms with Gasteiger partial charge < -0.3 is 19.3 Å². The van der Waals surface area contributed by atoms with Crippen molar-refractivity contribution in [3.63, 3.8) is 0 Å². The summed E-state index contributed by atoms with van der Waals surface area (Å²) in [5.74, 6) is 1.19. The lowest BCUT2D eigenvalue weighted by atomic mass is 10.1. The number of hydrogen-bond donors (Lipinski definition) is 0. The maximum absolute atomic E-state index is 12.3. The van der Waals surface area contributed by atoms with Crippen molar-refractivity contribution >= 4 is 5.91 Å². The van der Waals surface area contributed by atoms with Gasteiger partial charge in [-0.1, -0.05) is 17.7 Å². The highest BCUT2D eigenvalue weighted by Gasteiger charge is 2.37. The summed E-state index contributed by atoms with van der Waals surface area (Å²) < 4.78 is 11.5. The molecule has 1 aromatic carbocycles. The molecule has 2 fully saturated rings. The lowest BCUT2D eigenvalue weighted by molar-refractivity contribution is -0.132. The Morgan fingerprint density at radius 2 is 2.05 bits per heavy atom. The summed E-state index contributed by atoms with van der Waals surface area (Å²) in [5.41, 5.74) is 1.18. The Balaban J connectivity index is 1.52. The molecule has 2 heterocycles. The highest BCUT2D eigenvalue weighted by molar-refractivity contribution is 5.78. The molecule has 0 saturated carbocycles. The molecule has 0 radical (unpaired) electrons. The SMILES string of the molecule is Cc1ccc(OCC(=O)N2C[C@@H]3CN(C)CCO[C@@H]3C2)cc1. The number of carbonyl (C=O) groups is 1. The van der Waals surface area contributed by atoms with Crippen molar-refractivity contribution in [1.29, 1.82) is 0 Å². The van der Waals surface area contributed by atoms with Crippen LogP contribution in [0.15, 0.2) is 24.3 Å². The molecule has 2 atom stereocenters. The molecule has 120 valence electrons. The van der Waals surface area contributed by atoms with Crippen molar-refractivity contribution in [2.45, 2.75) is 13.0 Å². The zero-order valence-corrected chi connectivity index (χ0v) is 13.3. The van der Waals surface area contributed by atoms with Crippen LogP contribution in [0.25, 0.3) is 0 Å². The van der Waals surface area contributed by atoms with Crippen molar-refractivity contribution in [2.24, 2.45) is 5.92 Å². The topological polar surface area (TPSA) is 42.0 Å². The van der Waals surface area contributed by atoms with Gasteiger partial charge in [0.05, 0.1) is 12.7 Å². The first kappa shape index (κ1) is 15.3. The Hall–Kier alpha value is -1.59. The van der Waals surface area contributed by atoms with Crippen LogP contribution in [0.4, 0.5) is 0 Å². The second-order valence-corrected chi connectivity index (χ2v) is 6.33. The number of aryl methyl sites for hydroxylation is 1. The first-order valence-electron chi connectivity index (χ1n) is 7.89. The van der Waals surface area contributed by atoms with Gasteiger partial charge in [0.25, 0.3) is 5.91 Å². The van der Waals surface area contributed by atoms with E-state index in [0.717, 1.165) is 32.0 Å². The summed E-state index contributed by atoms with van der Waals surface area (Å²) in [6, 6.07) is 7.76. The van der Waals surface area contributed by atoms with Crippen LogP contribution in [0.5, 0.6) is 5.75 Å². The smallest absolute Gasteiger partial charge is 0.260 e. The molecule has 3 rings (SSSR count). The molecule has 2 aliphatic rings. The number of likely N-dealkylation sites (tertiary alicyclic amines) is 1. The normalized spacial score (nSPS) is 25.6. The van der Waals surface area contributed by atoms with Gasteiger partial charge >= 0.3 is 0 Å². The maximum atomic E-state index is 12.3. The van der Waals surface area contributed by atoms with Crippen LogP contribution >= 0.6 is 0 Å². The number of rotatable bonds is 3. The molecule has 5 heteroatoms. The van der Waals surface area contributed by atoms with Crippen LogP contribution < -0.4 is 4.74 Å². The molecule has 2 aliphatic heterocycles. The van der Waals surface area contributed by atoms with Crippen LogP contribution in [-0.4, -0.2) is 68.3 Å². The van der Waals surface area contributed by atoms with Gasteiger partial charge in [0.15, 0.2) is 6.61 Å². The predicted octanol–water partition coefficient (Wildman–Crippen LogP) is 1.16. The molecule has 5 nitrogen and oxygen atoms in total. The van der Waals surface area contributed by atoms with Crippen LogP contribution in [0.2, 0.25) is 0 Å². The van der Waals surface area contributed by atoms with E-state index in [4.69, 9.17) is 9.47 Å². The zero-order chi connectivity index (χ0) is 15.5. The molecule has 0 aliphatic carbocycles. The van der Waals surface area contributed by atoms with Crippen LogP contribution in [0.1, 0.15) is 5.56 Å². The van der Waals surface area contributed by atoms with Gasteiger partial charge in [0, 0.05) is 32.1 Å². The molecule has 0 spiro atoms. The lowest BCUT2D eigenvalue weighted by Gasteiger charge is -2.19. The van der Waals surface area contributed by atoms with E-state index in [1.54, 1.807) is 0 Å². The van der Waals surface area contributed by atoms with Crippen molar-refractivity contribution in [1.82, 2.24) is 9.80 Å². The summed E-state index contributed by atoms with van der Waals surface area (Å²) in [6.07, 6.45) is 0.174. The first-order chi connectivity index (χ1) is 10.6. The van der Waals surface area contributed by atoms with Crippen molar-refractivity contribution in [3.8, 4) is 5.75 Å². The molecule has 22 heavy (non-hydrogen) atoms. The Morgan fingerprint density at radius 3 is 2.82 bits per heavy atom. The highest BCUT2D eigenvalue weighted by atomic mass is 16.5. The number of nitrogens with zero attached hydrogens (tertiary/aromatic N) is 2. The first-order valence-corrected chi connectivity index (χ1v) is 7.89. The maximum Gasteiger partial charge on any atom is 0.260 e. The summed E-state index contributed by atoms with van der Waals surface area (Å²) in [7, 11) is 2.11. The van der Waals surface area contributed by atoms with Gasteiger partial charge in [-0.15, -0.1) is 0 Å². The van der Waals surface area contributed by atoms with E-state index in [9.17, 15) is 4.79 Å². The van der Waals surface area contributed by atoms with Crippen LogP contribution in [0.3, 0.4) is 0 Å². The van der Waals surface area contributed by atoms with Gasteiger partial charge in [0.1, 0.15) is 5.75 Å². The van der Waals surface area contributed by atoms with E-state index in [2.05, 4.69) is 11.9 Å². The summed E-state index contributed by atoms with van der Waals surface area (Å²) >= 11 is 0. The van der Waals surface area contributed by atoms with Gasteiger partial charge in [-0.3, -0.25) is 4.79 Å². The number of hydrogen-bond acceptors (Lipinski definition) is 4. The molecule has 2 saturated heterocycles. The third-order valence-corrected chi connectivity index (χ3v) is 4.47. The van der Waals surface area contributed by atoms with Crippen molar-refractivity contribution in [2.75, 3.05) is 46.4 Å². The van der Waals surface area contributed by atoms with Gasteiger partial charge in [-0.05, 0) is 26.1 Å².